The van der Waals surface area contributed by atoms with Crippen molar-refractivity contribution in [3.8, 4) is 0 Å². The summed E-state index contributed by atoms with van der Waals surface area (Å²) >= 11 is 0. The maximum Gasteiger partial charge on any atom is 0.169 e. The molecule has 1 heterocycles. The van der Waals surface area contributed by atoms with Gasteiger partial charge in [0.1, 0.15) is 5.82 Å². The van der Waals surface area contributed by atoms with Gasteiger partial charge in [-0.15, -0.1) is 5.10 Å². The average molecular weight is 234 g/mol. The topological polar surface area (TPSA) is 56.7 Å². The number of rotatable bonds is 4. The fourth-order valence-corrected chi connectivity index (χ4v) is 1.78. The molecule has 2 rings (SSSR count). The van der Waals surface area contributed by atoms with E-state index in [4.69, 9.17) is 5.73 Å². The van der Waals surface area contributed by atoms with Gasteiger partial charge in [-0.2, -0.15) is 0 Å². The van der Waals surface area contributed by atoms with Gasteiger partial charge in [-0.05, 0) is 24.1 Å². The van der Waals surface area contributed by atoms with Gasteiger partial charge in [-0.25, -0.2) is 9.07 Å². The highest BCUT2D eigenvalue weighted by Gasteiger charge is 2.09. The van der Waals surface area contributed by atoms with Crippen molar-refractivity contribution in [3.05, 3.63) is 41.3 Å². The Morgan fingerprint density at radius 2 is 2.24 bits per heavy atom. The van der Waals surface area contributed by atoms with E-state index in [1.165, 1.54) is 12.1 Å². The van der Waals surface area contributed by atoms with Crippen molar-refractivity contribution in [2.24, 2.45) is 0 Å². The number of nitrogen functional groups attached to an aromatic ring is 1. The highest BCUT2D eigenvalue weighted by atomic mass is 19.1. The number of hydrogen-bond donors (Lipinski definition) is 1. The molecule has 0 bridgehead atoms. The maximum absolute atomic E-state index is 13.1. The smallest absolute Gasteiger partial charge is 0.169 e. The largest absolute Gasteiger partial charge is 0.381 e. The van der Waals surface area contributed by atoms with Crippen molar-refractivity contribution in [1.29, 1.82) is 0 Å². The molecule has 1 aromatic carbocycles. The normalized spacial score (nSPS) is 10.7. The minimum atomic E-state index is -0.243. The van der Waals surface area contributed by atoms with Crippen molar-refractivity contribution in [1.82, 2.24) is 15.0 Å². The van der Waals surface area contributed by atoms with Gasteiger partial charge in [0.25, 0.3) is 0 Å². The summed E-state index contributed by atoms with van der Waals surface area (Å²) < 4.78 is 14.8. The van der Waals surface area contributed by atoms with Crippen molar-refractivity contribution in [3.63, 3.8) is 0 Å². The molecule has 0 fully saturated rings. The van der Waals surface area contributed by atoms with Crippen LogP contribution in [0.4, 0.5) is 10.2 Å². The quantitative estimate of drug-likeness (QED) is 0.880. The van der Waals surface area contributed by atoms with Gasteiger partial charge < -0.3 is 5.73 Å². The van der Waals surface area contributed by atoms with Crippen LogP contribution in [0.5, 0.6) is 0 Å². The molecule has 5 heteroatoms. The fraction of sp³-hybridized carbons (Fsp3) is 0.333. The number of hydrogen-bond acceptors (Lipinski definition) is 3. The molecule has 0 unspecified atom stereocenters. The molecule has 2 aromatic rings. The van der Waals surface area contributed by atoms with E-state index in [2.05, 4.69) is 17.2 Å². The lowest BCUT2D eigenvalue weighted by Gasteiger charge is -2.06. The second-order valence-electron chi connectivity index (χ2n) is 3.96. The third-order valence-electron chi connectivity index (χ3n) is 2.58. The number of benzene rings is 1. The first-order valence-corrected chi connectivity index (χ1v) is 5.63. The summed E-state index contributed by atoms with van der Waals surface area (Å²) in [6.07, 6.45) is 1.80. The van der Waals surface area contributed by atoms with Crippen LogP contribution in [0, 0.1) is 5.82 Å². The third-order valence-corrected chi connectivity index (χ3v) is 2.58. The summed E-state index contributed by atoms with van der Waals surface area (Å²) in [5.41, 5.74) is 7.51. The van der Waals surface area contributed by atoms with E-state index in [1.807, 2.05) is 6.07 Å². The molecule has 0 aliphatic heterocycles. The van der Waals surface area contributed by atoms with Gasteiger partial charge in [0.2, 0.25) is 0 Å². The predicted molar refractivity (Wildman–Crippen MR) is 63.9 cm³/mol. The number of nitrogens with two attached hydrogens (primary N) is 1. The second kappa shape index (κ2) is 4.95. The summed E-state index contributed by atoms with van der Waals surface area (Å²) in [6.45, 7) is 2.57. The Hall–Kier alpha value is -1.91. The zero-order chi connectivity index (χ0) is 12.3. The van der Waals surface area contributed by atoms with Crippen LogP contribution in [-0.2, 0) is 13.0 Å². The van der Waals surface area contributed by atoms with E-state index < -0.39 is 0 Å². The third kappa shape index (κ3) is 2.61. The fourth-order valence-electron chi connectivity index (χ4n) is 1.78. The molecule has 0 saturated carbocycles. The summed E-state index contributed by atoms with van der Waals surface area (Å²) in [6, 6.07) is 6.46. The minimum absolute atomic E-state index is 0.243. The van der Waals surface area contributed by atoms with Gasteiger partial charge in [-0.1, -0.05) is 30.7 Å². The Labute approximate surface area is 99.2 Å². The standard InChI is InChI=1S/C12H15FN4/c1-2-4-11-12(14)15-16-17(11)8-9-5-3-6-10(13)7-9/h3,5-7H,2,4,8,14H2,1H3. The van der Waals surface area contributed by atoms with Crippen LogP contribution in [0.25, 0.3) is 0 Å². The first kappa shape index (κ1) is 11.6. The lowest BCUT2D eigenvalue weighted by Crippen LogP contribution is -2.07. The lowest BCUT2D eigenvalue weighted by molar-refractivity contribution is 0.599. The molecule has 0 aliphatic rings. The van der Waals surface area contributed by atoms with Crippen LogP contribution in [0.1, 0.15) is 24.6 Å². The van der Waals surface area contributed by atoms with E-state index in [0.717, 1.165) is 24.1 Å². The molecule has 0 aliphatic carbocycles. The Morgan fingerprint density at radius 1 is 1.41 bits per heavy atom. The summed E-state index contributed by atoms with van der Waals surface area (Å²) in [4.78, 5) is 0. The van der Waals surface area contributed by atoms with Crippen molar-refractivity contribution in [2.75, 3.05) is 5.73 Å². The second-order valence-corrected chi connectivity index (χ2v) is 3.96. The van der Waals surface area contributed by atoms with E-state index in [-0.39, 0.29) is 5.82 Å². The maximum atomic E-state index is 13.1. The summed E-state index contributed by atoms with van der Waals surface area (Å²) in [5.74, 6) is 0.218. The molecule has 4 nitrogen and oxygen atoms in total. The van der Waals surface area contributed by atoms with Crippen LogP contribution in [-0.4, -0.2) is 15.0 Å². The molecular weight excluding hydrogens is 219 g/mol. The Morgan fingerprint density at radius 3 is 2.94 bits per heavy atom. The van der Waals surface area contributed by atoms with E-state index >= 15 is 0 Å². The average Bonchev–Trinajstić information content (AvgIpc) is 2.62. The van der Waals surface area contributed by atoms with Crippen LogP contribution in [0.3, 0.4) is 0 Å². The van der Waals surface area contributed by atoms with Gasteiger partial charge in [0, 0.05) is 0 Å². The van der Waals surface area contributed by atoms with Crippen molar-refractivity contribution >= 4 is 5.82 Å². The highest BCUT2D eigenvalue weighted by molar-refractivity contribution is 5.33. The van der Waals surface area contributed by atoms with Crippen LogP contribution < -0.4 is 5.73 Å². The first-order valence-electron chi connectivity index (χ1n) is 5.63. The summed E-state index contributed by atoms with van der Waals surface area (Å²) in [7, 11) is 0. The molecule has 0 radical (unpaired) electrons. The first-order chi connectivity index (χ1) is 8.20. The molecular formula is C12H15FN4. The highest BCUT2D eigenvalue weighted by Crippen LogP contribution is 2.13. The molecule has 0 amide bonds. The Bertz CT molecular complexity index is 507. The van der Waals surface area contributed by atoms with Crippen molar-refractivity contribution in [2.45, 2.75) is 26.3 Å². The number of nitrogens with zero attached hydrogens (tertiary/aromatic N) is 3. The minimum Gasteiger partial charge on any atom is -0.381 e. The van der Waals surface area contributed by atoms with E-state index in [9.17, 15) is 4.39 Å². The molecule has 2 N–H and O–H groups in total. The molecule has 0 spiro atoms. The van der Waals surface area contributed by atoms with Gasteiger partial charge >= 0.3 is 0 Å². The van der Waals surface area contributed by atoms with Crippen molar-refractivity contribution < 1.29 is 4.39 Å². The van der Waals surface area contributed by atoms with E-state index in [1.54, 1.807) is 10.7 Å². The molecule has 0 saturated heterocycles. The van der Waals surface area contributed by atoms with Gasteiger partial charge in [-0.3, -0.25) is 0 Å². The number of anilines is 1. The van der Waals surface area contributed by atoms with E-state index in [0.29, 0.717) is 12.4 Å². The Kier molecular flexibility index (Phi) is 3.37. The zero-order valence-corrected chi connectivity index (χ0v) is 9.73. The molecule has 90 valence electrons. The monoisotopic (exact) mass is 234 g/mol. The van der Waals surface area contributed by atoms with Crippen LogP contribution in [0.2, 0.25) is 0 Å². The molecule has 17 heavy (non-hydrogen) atoms. The van der Waals surface area contributed by atoms with Crippen LogP contribution >= 0.6 is 0 Å². The number of halogens is 1. The molecule has 0 atom stereocenters. The number of aromatic nitrogens is 3. The van der Waals surface area contributed by atoms with Gasteiger partial charge in [0.15, 0.2) is 5.82 Å². The Balaban J connectivity index is 2.24. The summed E-state index contributed by atoms with van der Waals surface area (Å²) in [5, 5.41) is 7.83. The molecule has 1 aromatic heterocycles. The predicted octanol–water partition coefficient (Wildman–Crippen LogP) is 2.00. The van der Waals surface area contributed by atoms with Gasteiger partial charge in [0.05, 0.1) is 12.2 Å². The SMILES string of the molecule is CCCc1c(N)nnn1Cc1cccc(F)c1. The lowest BCUT2D eigenvalue weighted by atomic mass is 10.2. The zero-order valence-electron chi connectivity index (χ0n) is 9.73. The van der Waals surface area contributed by atoms with Crippen LogP contribution in [0.15, 0.2) is 24.3 Å².